The zero-order chi connectivity index (χ0) is 15.9. The second kappa shape index (κ2) is 7.36. The highest BCUT2D eigenvalue weighted by Gasteiger charge is 2.04. The molecule has 0 unspecified atom stereocenters. The molecule has 0 radical (unpaired) electrons. The van der Waals surface area contributed by atoms with E-state index in [1.807, 2.05) is 38.1 Å². The smallest absolute Gasteiger partial charge is 0.336 e. The maximum atomic E-state index is 11.8. The van der Waals surface area contributed by atoms with E-state index in [1.54, 1.807) is 30.3 Å². The lowest BCUT2D eigenvalue weighted by atomic mass is 10.1. The molecule has 22 heavy (non-hydrogen) atoms. The van der Waals surface area contributed by atoms with E-state index in [0.29, 0.717) is 17.7 Å². The van der Waals surface area contributed by atoms with Gasteiger partial charge in [-0.25, -0.2) is 4.79 Å². The predicted octanol–water partition coefficient (Wildman–Crippen LogP) is 4.21. The molecule has 0 aliphatic rings. The van der Waals surface area contributed by atoms with Gasteiger partial charge in [0, 0.05) is 18.1 Å². The zero-order valence-corrected chi connectivity index (χ0v) is 12.7. The molecule has 0 heterocycles. The molecule has 0 atom stereocenters. The van der Waals surface area contributed by atoms with E-state index in [9.17, 15) is 9.59 Å². The average molecular weight is 294 g/mol. The number of carbonyl (C=O) groups is 2. The third kappa shape index (κ3) is 4.42. The largest absolute Gasteiger partial charge is 0.423 e. The molecule has 3 heteroatoms. The van der Waals surface area contributed by atoms with E-state index in [2.05, 4.69) is 0 Å². The van der Waals surface area contributed by atoms with Gasteiger partial charge in [-0.15, -0.1) is 0 Å². The van der Waals surface area contributed by atoms with Gasteiger partial charge in [-0.2, -0.15) is 0 Å². The van der Waals surface area contributed by atoms with Crippen molar-refractivity contribution in [3.63, 3.8) is 0 Å². The molecule has 112 valence electrons. The lowest BCUT2D eigenvalue weighted by Crippen LogP contribution is -2.04. The van der Waals surface area contributed by atoms with Crippen molar-refractivity contribution in [1.29, 1.82) is 0 Å². The van der Waals surface area contributed by atoms with Crippen LogP contribution in [0.1, 0.15) is 34.8 Å². The first-order valence-corrected chi connectivity index (χ1v) is 7.18. The molecular weight excluding hydrogens is 276 g/mol. The fourth-order valence-corrected chi connectivity index (χ4v) is 1.90. The van der Waals surface area contributed by atoms with Gasteiger partial charge >= 0.3 is 5.97 Å². The normalized spacial score (nSPS) is 10.6. The van der Waals surface area contributed by atoms with Crippen LogP contribution in [0.4, 0.5) is 0 Å². The van der Waals surface area contributed by atoms with E-state index in [4.69, 9.17) is 4.74 Å². The summed E-state index contributed by atoms with van der Waals surface area (Å²) < 4.78 is 5.19. The SMILES string of the molecule is CCC(=O)c1ccc(OC(=O)/C=C/c2ccc(C)cc2)cc1. The Hall–Kier alpha value is -2.68. The minimum absolute atomic E-state index is 0.0668. The molecule has 2 aromatic carbocycles. The molecule has 2 rings (SSSR count). The zero-order valence-electron chi connectivity index (χ0n) is 12.7. The Morgan fingerprint density at radius 3 is 2.23 bits per heavy atom. The minimum atomic E-state index is -0.449. The van der Waals surface area contributed by atoms with Gasteiger partial charge in [0.05, 0.1) is 0 Å². The highest BCUT2D eigenvalue weighted by molar-refractivity contribution is 5.96. The highest BCUT2D eigenvalue weighted by atomic mass is 16.5. The van der Waals surface area contributed by atoms with Crippen LogP contribution < -0.4 is 4.74 Å². The third-order valence-electron chi connectivity index (χ3n) is 3.21. The summed E-state index contributed by atoms with van der Waals surface area (Å²) in [6, 6.07) is 14.4. The van der Waals surface area contributed by atoms with Gasteiger partial charge in [-0.3, -0.25) is 4.79 Å². The number of hydrogen-bond acceptors (Lipinski definition) is 3. The van der Waals surface area contributed by atoms with Crippen LogP contribution in [-0.2, 0) is 4.79 Å². The quantitative estimate of drug-likeness (QED) is 0.359. The molecule has 0 spiro atoms. The maximum absolute atomic E-state index is 11.8. The van der Waals surface area contributed by atoms with Gasteiger partial charge in [-0.05, 0) is 42.8 Å². The molecule has 0 N–H and O–H groups in total. The second-order valence-corrected chi connectivity index (χ2v) is 4.97. The number of ether oxygens (including phenoxy) is 1. The number of aryl methyl sites for hydroxylation is 1. The lowest BCUT2D eigenvalue weighted by Gasteiger charge is -2.02. The molecule has 3 nitrogen and oxygen atoms in total. The molecule has 0 aliphatic heterocycles. The van der Waals surface area contributed by atoms with E-state index >= 15 is 0 Å². The van der Waals surface area contributed by atoms with Crippen LogP contribution in [-0.4, -0.2) is 11.8 Å². The Morgan fingerprint density at radius 1 is 1.00 bits per heavy atom. The summed E-state index contributed by atoms with van der Waals surface area (Å²) in [5.41, 5.74) is 2.73. The van der Waals surface area contributed by atoms with Crippen molar-refractivity contribution >= 4 is 17.8 Å². The maximum Gasteiger partial charge on any atom is 0.336 e. The molecule has 0 bridgehead atoms. The topological polar surface area (TPSA) is 43.4 Å². The fourth-order valence-electron chi connectivity index (χ4n) is 1.90. The van der Waals surface area contributed by atoms with E-state index in [1.165, 1.54) is 11.6 Å². The van der Waals surface area contributed by atoms with E-state index in [-0.39, 0.29) is 5.78 Å². The van der Waals surface area contributed by atoms with Gasteiger partial charge in [0.1, 0.15) is 5.75 Å². The van der Waals surface area contributed by atoms with E-state index < -0.39 is 5.97 Å². The standard InChI is InChI=1S/C19H18O3/c1-3-18(20)16-9-11-17(12-10-16)22-19(21)13-8-15-6-4-14(2)5-7-15/h4-13H,3H2,1-2H3/b13-8+. The van der Waals surface area contributed by atoms with Gasteiger partial charge in [0.2, 0.25) is 0 Å². The first-order valence-electron chi connectivity index (χ1n) is 7.18. The van der Waals surface area contributed by atoms with Gasteiger partial charge < -0.3 is 4.74 Å². The Morgan fingerprint density at radius 2 is 1.64 bits per heavy atom. The molecule has 0 aliphatic carbocycles. The molecular formula is C19H18O3. The van der Waals surface area contributed by atoms with Crippen molar-refractivity contribution in [2.75, 3.05) is 0 Å². The molecule has 0 fully saturated rings. The van der Waals surface area contributed by atoms with Gasteiger partial charge in [0.25, 0.3) is 0 Å². The summed E-state index contributed by atoms with van der Waals surface area (Å²) in [7, 11) is 0. The number of ketones is 1. The number of rotatable bonds is 5. The minimum Gasteiger partial charge on any atom is -0.423 e. The van der Waals surface area contributed by atoms with Gasteiger partial charge in [0.15, 0.2) is 5.78 Å². The highest BCUT2D eigenvalue weighted by Crippen LogP contribution is 2.14. The summed E-state index contributed by atoms with van der Waals surface area (Å²) in [6.45, 7) is 3.82. The summed E-state index contributed by atoms with van der Waals surface area (Å²) in [4.78, 5) is 23.3. The van der Waals surface area contributed by atoms with Crippen LogP contribution in [0, 0.1) is 6.92 Å². The first-order chi connectivity index (χ1) is 10.6. The monoisotopic (exact) mass is 294 g/mol. The van der Waals surface area contributed by atoms with Crippen molar-refractivity contribution in [2.45, 2.75) is 20.3 Å². The second-order valence-electron chi connectivity index (χ2n) is 4.97. The first kappa shape index (κ1) is 15.7. The molecule has 0 amide bonds. The van der Waals surface area contributed by atoms with Crippen molar-refractivity contribution in [3.05, 3.63) is 71.3 Å². The van der Waals surface area contributed by atoms with Crippen molar-refractivity contribution in [3.8, 4) is 5.75 Å². The molecule has 0 saturated carbocycles. The predicted molar refractivity (Wildman–Crippen MR) is 86.9 cm³/mol. The fraction of sp³-hybridized carbons (Fsp3) is 0.158. The number of benzene rings is 2. The van der Waals surface area contributed by atoms with Crippen LogP contribution in [0.25, 0.3) is 6.08 Å². The van der Waals surface area contributed by atoms with Crippen LogP contribution in [0.3, 0.4) is 0 Å². The molecule has 0 aromatic heterocycles. The number of hydrogen-bond donors (Lipinski definition) is 0. The molecule has 2 aromatic rings. The third-order valence-corrected chi connectivity index (χ3v) is 3.21. The summed E-state index contributed by atoms with van der Waals surface area (Å²) in [5, 5.41) is 0. The lowest BCUT2D eigenvalue weighted by molar-refractivity contribution is -0.128. The van der Waals surface area contributed by atoms with Crippen LogP contribution in [0.5, 0.6) is 5.75 Å². The average Bonchev–Trinajstić information content (AvgIpc) is 2.54. The summed E-state index contributed by atoms with van der Waals surface area (Å²) in [5.74, 6) is 0.0403. The van der Waals surface area contributed by atoms with Crippen molar-refractivity contribution < 1.29 is 14.3 Å². The van der Waals surface area contributed by atoms with E-state index in [0.717, 1.165) is 5.56 Å². The Kier molecular flexibility index (Phi) is 5.26. The molecule has 0 saturated heterocycles. The Bertz CT molecular complexity index is 680. The number of carbonyl (C=O) groups excluding carboxylic acids is 2. The Labute approximate surface area is 130 Å². The van der Waals surface area contributed by atoms with Crippen molar-refractivity contribution in [2.24, 2.45) is 0 Å². The summed E-state index contributed by atoms with van der Waals surface area (Å²) >= 11 is 0. The van der Waals surface area contributed by atoms with Crippen LogP contribution >= 0.6 is 0 Å². The number of Topliss-reactive ketones (excluding diaryl/α,β-unsaturated/α-hetero) is 1. The van der Waals surface area contributed by atoms with Crippen LogP contribution in [0.2, 0.25) is 0 Å². The van der Waals surface area contributed by atoms with Crippen molar-refractivity contribution in [1.82, 2.24) is 0 Å². The summed E-state index contributed by atoms with van der Waals surface area (Å²) in [6.07, 6.45) is 3.55. The van der Waals surface area contributed by atoms with Gasteiger partial charge in [-0.1, -0.05) is 36.8 Å². The number of esters is 1. The van der Waals surface area contributed by atoms with Crippen LogP contribution in [0.15, 0.2) is 54.6 Å². The Balaban J connectivity index is 1.97.